The van der Waals surface area contributed by atoms with E-state index in [2.05, 4.69) is 125 Å². The second kappa shape index (κ2) is 20.8. The number of hydrogen-bond acceptors (Lipinski definition) is 8. The number of aromatic amines is 2. The number of nitrogens with zero attached hydrogens (tertiary/aromatic N) is 4. The Morgan fingerprint density at radius 2 is 1.04 bits per heavy atom. The Morgan fingerprint density at radius 1 is 0.600 bits per heavy atom. The molecule has 6 heterocycles. The standard InChI is InChI=1S/C62H51N7O6/c1-3-74-61(70)55-39(2)68(62(71)67-60(55)44-21-25-45(26-22-44)69(72)73)37-13-14-38-75-46-27-23-43(24-28-46)59-53-35-33-51(65-53)57(41-17-9-5-10-18-41)49-31-29-47(63-49)56(40-15-7-4-8-16-40)48-30-32-50(64-48)58(42-19-11-6-12-20-42)52-34-36-54(59)66-52/h4-12,15-36,60,63,66H,3,13-14,37-38H2,1-2H3,(H,67,71). The molecule has 3 aliphatic rings. The zero-order valence-electron chi connectivity index (χ0n) is 41.2. The van der Waals surface area contributed by atoms with Gasteiger partial charge in [-0.2, -0.15) is 0 Å². The number of carbonyl (C=O) groups excluding carboxylic acids is 2. The van der Waals surface area contributed by atoms with Crippen LogP contribution in [0.25, 0.3) is 90.9 Å². The monoisotopic (exact) mass is 989 g/mol. The number of esters is 1. The van der Waals surface area contributed by atoms with Crippen LogP contribution in [0.3, 0.4) is 0 Å². The summed E-state index contributed by atoms with van der Waals surface area (Å²) in [5, 5.41) is 14.2. The van der Waals surface area contributed by atoms with Crippen molar-refractivity contribution in [3.05, 3.63) is 214 Å². The van der Waals surface area contributed by atoms with E-state index >= 15 is 0 Å². The average Bonchev–Trinajstić information content (AvgIpc) is 4.31. The minimum atomic E-state index is -0.823. The number of nitrogens with one attached hydrogen (secondary N) is 3. The first-order valence-electron chi connectivity index (χ1n) is 25.0. The lowest BCUT2D eigenvalue weighted by Gasteiger charge is -2.35. The number of H-pyrrole nitrogens is 2. The molecule has 3 aromatic heterocycles. The van der Waals surface area contributed by atoms with E-state index in [0.29, 0.717) is 43.0 Å². The number of benzene rings is 5. The van der Waals surface area contributed by atoms with Gasteiger partial charge in [-0.3, -0.25) is 15.0 Å². The van der Waals surface area contributed by atoms with Crippen molar-refractivity contribution in [3.8, 4) is 50.3 Å². The summed E-state index contributed by atoms with van der Waals surface area (Å²) in [6.45, 7) is 4.30. The van der Waals surface area contributed by atoms with Gasteiger partial charge in [0.15, 0.2) is 0 Å². The van der Waals surface area contributed by atoms with E-state index in [1.165, 1.54) is 17.0 Å². The SMILES string of the molecule is CCOC(=O)C1=C(C)N(CCCCOc2ccc(-c3c4nc(c(-c5ccccc5)c5ccc([nH]5)c(-c5ccccc5)c5nc(c(-c6ccccc6)c6ccc3[nH]6)C=C5)C=C4)cc2)C(=O)NC1c1ccc([N+](=O)[O-])cc1. The largest absolute Gasteiger partial charge is 0.494 e. The quantitative estimate of drug-likeness (QED) is 0.0419. The second-order valence-electron chi connectivity index (χ2n) is 18.3. The van der Waals surface area contributed by atoms with Crippen LogP contribution in [0.1, 0.15) is 61.1 Å². The lowest BCUT2D eigenvalue weighted by molar-refractivity contribution is -0.384. The third-order valence-corrected chi connectivity index (χ3v) is 13.7. The summed E-state index contributed by atoms with van der Waals surface area (Å²) in [6, 6.07) is 52.2. The molecule has 3 N–H and O–H groups in total. The average molecular weight is 990 g/mol. The molecule has 11 rings (SSSR count). The van der Waals surface area contributed by atoms with Gasteiger partial charge in [0.1, 0.15) is 5.75 Å². The number of ether oxygens (including phenoxy) is 2. The van der Waals surface area contributed by atoms with E-state index in [1.807, 2.05) is 54.6 Å². The number of aromatic nitrogens is 4. The minimum Gasteiger partial charge on any atom is -0.494 e. The number of nitro benzene ring substituents is 1. The van der Waals surface area contributed by atoms with Crippen LogP contribution < -0.4 is 10.1 Å². The van der Waals surface area contributed by atoms with Crippen molar-refractivity contribution in [2.75, 3.05) is 19.8 Å². The van der Waals surface area contributed by atoms with E-state index in [1.54, 1.807) is 26.0 Å². The zero-order chi connectivity index (χ0) is 51.4. The molecule has 0 saturated heterocycles. The van der Waals surface area contributed by atoms with Crippen molar-refractivity contribution in [1.82, 2.24) is 30.2 Å². The number of rotatable bonds is 14. The van der Waals surface area contributed by atoms with Crippen molar-refractivity contribution >= 4 is 64.1 Å². The van der Waals surface area contributed by atoms with Crippen molar-refractivity contribution in [1.29, 1.82) is 0 Å². The summed E-state index contributed by atoms with van der Waals surface area (Å²) < 4.78 is 11.7. The third-order valence-electron chi connectivity index (χ3n) is 13.7. The fourth-order valence-corrected chi connectivity index (χ4v) is 10.1. The number of non-ortho nitro benzene ring substituents is 1. The summed E-state index contributed by atoms with van der Waals surface area (Å²) in [5.41, 5.74) is 16.0. The highest BCUT2D eigenvalue weighted by Gasteiger charge is 2.36. The van der Waals surface area contributed by atoms with Gasteiger partial charge < -0.3 is 24.8 Å². The highest BCUT2D eigenvalue weighted by atomic mass is 16.6. The molecule has 370 valence electrons. The maximum atomic E-state index is 13.5. The Kier molecular flexibility index (Phi) is 13.3. The number of hydrogen-bond donors (Lipinski definition) is 3. The van der Waals surface area contributed by atoms with Crippen molar-refractivity contribution in [2.45, 2.75) is 32.7 Å². The molecule has 8 aromatic rings. The molecule has 13 heteroatoms. The molecular formula is C62H51N7O6. The molecule has 3 aliphatic heterocycles. The van der Waals surface area contributed by atoms with Gasteiger partial charge in [-0.15, -0.1) is 0 Å². The number of carbonyl (C=O) groups is 2. The van der Waals surface area contributed by atoms with Crippen LogP contribution in [0.2, 0.25) is 0 Å². The molecule has 0 fully saturated rings. The first-order valence-corrected chi connectivity index (χ1v) is 25.0. The van der Waals surface area contributed by atoms with Gasteiger partial charge in [0, 0.05) is 68.7 Å². The van der Waals surface area contributed by atoms with E-state index in [4.69, 9.17) is 19.4 Å². The maximum absolute atomic E-state index is 13.5. The van der Waals surface area contributed by atoms with Crippen LogP contribution in [0.5, 0.6) is 5.75 Å². The predicted molar refractivity (Wildman–Crippen MR) is 296 cm³/mol. The number of nitro groups is 1. The highest BCUT2D eigenvalue weighted by molar-refractivity contribution is 6.00. The number of allylic oxidation sites excluding steroid dienone is 1. The molecule has 0 spiro atoms. The molecule has 8 bridgehead atoms. The first kappa shape index (κ1) is 47.7. The molecule has 0 saturated carbocycles. The number of amides is 2. The van der Waals surface area contributed by atoms with Crippen LogP contribution in [-0.4, -0.2) is 61.5 Å². The van der Waals surface area contributed by atoms with Crippen molar-refractivity contribution in [3.63, 3.8) is 0 Å². The maximum Gasteiger partial charge on any atom is 0.338 e. The summed E-state index contributed by atoms with van der Waals surface area (Å²) >= 11 is 0. The minimum absolute atomic E-state index is 0.0916. The fraction of sp³-hybridized carbons (Fsp3) is 0.129. The number of urea groups is 1. The van der Waals surface area contributed by atoms with Gasteiger partial charge in [0.05, 0.1) is 52.5 Å². The van der Waals surface area contributed by atoms with Crippen LogP contribution in [0.15, 0.2) is 175 Å². The number of fused-ring (bicyclic) bond motifs is 8. The molecule has 75 heavy (non-hydrogen) atoms. The molecule has 0 aliphatic carbocycles. The third kappa shape index (κ3) is 9.62. The molecular weight excluding hydrogens is 939 g/mol. The van der Waals surface area contributed by atoms with Crippen LogP contribution in [-0.2, 0) is 9.53 Å². The highest BCUT2D eigenvalue weighted by Crippen LogP contribution is 2.39. The lowest BCUT2D eigenvalue weighted by atomic mass is 9.94. The Labute approximate surface area is 432 Å². The Morgan fingerprint density at radius 3 is 1.47 bits per heavy atom. The van der Waals surface area contributed by atoms with Gasteiger partial charge in [-0.1, -0.05) is 103 Å². The fourth-order valence-electron chi connectivity index (χ4n) is 10.1. The van der Waals surface area contributed by atoms with E-state index in [0.717, 1.165) is 89.4 Å². The summed E-state index contributed by atoms with van der Waals surface area (Å²) in [6.07, 6.45) is 9.58. The Hall–Kier alpha value is -9.62. The van der Waals surface area contributed by atoms with Crippen molar-refractivity contribution in [2.24, 2.45) is 0 Å². The van der Waals surface area contributed by atoms with Gasteiger partial charge in [0.25, 0.3) is 5.69 Å². The first-order chi connectivity index (χ1) is 36.7. The number of unbranched alkanes of at least 4 members (excludes halogenated alkanes) is 1. The lowest BCUT2D eigenvalue weighted by Crippen LogP contribution is -2.48. The van der Waals surface area contributed by atoms with Crippen LogP contribution in [0, 0.1) is 10.1 Å². The van der Waals surface area contributed by atoms with E-state index in [-0.39, 0.29) is 23.9 Å². The van der Waals surface area contributed by atoms with E-state index in [9.17, 15) is 19.7 Å². The normalized spacial score (nSPS) is 14.0. The molecule has 0 radical (unpaired) electrons. The Balaban J connectivity index is 0.928. The van der Waals surface area contributed by atoms with E-state index < -0.39 is 16.9 Å². The van der Waals surface area contributed by atoms with Crippen LogP contribution in [0.4, 0.5) is 10.5 Å². The van der Waals surface area contributed by atoms with Crippen LogP contribution >= 0.6 is 0 Å². The van der Waals surface area contributed by atoms with Gasteiger partial charge >= 0.3 is 12.0 Å². The molecule has 2 amide bonds. The predicted octanol–water partition coefficient (Wildman–Crippen LogP) is 14.0. The van der Waals surface area contributed by atoms with Gasteiger partial charge in [-0.05, 0) is 127 Å². The smallest absolute Gasteiger partial charge is 0.338 e. The topological polar surface area (TPSA) is 168 Å². The van der Waals surface area contributed by atoms with Gasteiger partial charge in [0.2, 0.25) is 0 Å². The summed E-state index contributed by atoms with van der Waals surface area (Å²) in [5.74, 6) is 0.123. The van der Waals surface area contributed by atoms with Crippen molar-refractivity contribution < 1.29 is 24.0 Å². The van der Waals surface area contributed by atoms with Gasteiger partial charge in [-0.25, -0.2) is 19.6 Å². The zero-order valence-corrected chi connectivity index (χ0v) is 41.2. The molecule has 1 unspecified atom stereocenters. The summed E-state index contributed by atoms with van der Waals surface area (Å²) in [4.78, 5) is 57.6. The molecule has 1 atom stereocenters. The molecule has 13 nitrogen and oxygen atoms in total. The molecule has 5 aromatic carbocycles. The summed E-state index contributed by atoms with van der Waals surface area (Å²) in [7, 11) is 0. The Bertz CT molecular complexity index is 3710. The second-order valence-corrected chi connectivity index (χ2v) is 18.3.